The van der Waals surface area contributed by atoms with E-state index in [0.717, 1.165) is 6.07 Å². The zero-order valence-electron chi connectivity index (χ0n) is 8.26. The Kier molecular flexibility index (Phi) is 3.26. The van der Waals surface area contributed by atoms with Crippen molar-refractivity contribution in [3.8, 4) is 5.75 Å². The molecule has 0 atom stereocenters. The third-order valence-electron chi connectivity index (χ3n) is 1.94. The van der Waals surface area contributed by atoms with E-state index in [2.05, 4.69) is 0 Å². The molecule has 17 heavy (non-hydrogen) atoms. The number of phenols is 1. The lowest BCUT2D eigenvalue weighted by Crippen LogP contribution is -2.19. The van der Waals surface area contributed by atoms with E-state index in [4.69, 9.17) is 10.2 Å². The summed E-state index contributed by atoms with van der Waals surface area (Å²) in [5.41, 5.74) is -2.06. The number of aromatic hydroxyl groups is 1. The third-order valence-corrected chi connectivity index (χ3v) is 1.94. The Labute approximate surface area is 93.3 Å². The predicted octanol–water partition coefficient (Wildman–Crippen LogP) is 1.87. The zero-order chi connectivity index (χ0) is 13.2. The Balaban J connectivity index is 3.32. The molecule has 0 aromatic heterocycles. The number of benzene rings is 1. The van der Waals surface area contributed by atoms with Crippen LogP contribution >= 0.6 is 0 Å². The Morgan fingerprint density at radius 1 is 1.47 bits per heavy atom. The van der Waals surface area contributed by atoms with Gasteiger partial charge in [-0.3, -0.25) is 14.9 Å². The lowest BCUT2D eigenvalue weighted by atomic mass is 10.0. The van der Waals surface area contributed by atoms with Crippen LogP contribution in [0, 0.1) is 10.1 Å². The molecule has 0 spiro atoms. The molecule has 0 saturated carbocycles. The van der Waals surface area contributed by atoms with Crippen LogP contribution in [0.4, 0.5) is 14.5 Å². The van der Waals surface area contributed by atoms with Gasteiger partial charge in [-0.2, -0.15) is 0 Å². The SMILES string of the molecule is O=C(O)CC(F)(F)c1cc(O)ccc1[N+](=O)[O-]. The van der Waals surface area contributed by atoms with E-state index in [1.54, 1.807) is 0 Å². The predicted molar refractivity (Wildman–Crippen MR) is 50.9 cm³/mol. The molecule has 1 aromatic carbocycles. The maximum Gasteiger partial charge on any atom is 0.309 e. The second kappa shape index (κ2) is 4.32. The van der Waals surface area contributed by atoms with Crippen LogP contribution in [-0.4, -0.2) is 21.1 Å². The first-order chi connectivity index (χ1) is 7.74. The number of halogens is 2. The highest BCUT2D eigenvalue weighted by Gasteiger charge is 2.40. The van der Waals surface area contributed by atoms with Crippen molar-refractivity contribution in [1.29, 1.82) is 0 Å². The quantitative estimate of drug-likeness (QED) is 0.624. The Bertz CT molecular complexity index is 474. The molecular formula is C9H7F2NO5. The van der Waals surface area contributed by atoms with Crippen molar-refractivity contribution in [2.45, 2.75) is 12.3 Å². The van der Waals surface area contributed by atoms with Gasteiger partial charge in [0.1, 0.15) is 17.7 Å². The molecule has 92 valence electrons. The molecule has 0 fully saturated rings. The fourth-order valence-electron chi connectivity index (χ4n) is 1.26. The molecule has 0 radical (unpaired) electrons. The molecule has 0 aliphatic carbocycles. The van der Waals surface area contributed by atoms with Crippen molar-refractivity contribution in [2.24, 2.45) is 0 Å². The molecule has 0 saturated heterocycles. The minimum Gasteiger partial charge on any atom is -0.508 e. The Morgan fingerprint density at radius 2 is 2.06 bits per heavy atom. The van der Waals surface area contributed by atoms with E-state index in [9.17, 15) is 23.7 Å². The van der Waals surface area contributed by atoms with Gasteiger partial charge in [-0.25, -0.2) is 8.78 Å². The van der Waals surface area contributed by atoms with Crippen molar-refractivity contribution in [1.82, 2.24) is 0 Å². The molecule has 6 nitrogen and oxygen atoms in total. The van der Waals surface area contributed by atoms with Crippen molar-refractivity contribution < 1.29 is 28.7 Å². The summed E-state index contributed by atoms with van der Waals surface area (Å²) in [5.74, 6) is -6.32. The Hall–Kier alpha value is -2.25. The van der Waals surface area contributed by atoms with E-state index in [1.807, 2.05) is 0 Å². The number of carbonyl (C=O) groups is 1. The van der Waals surface area contributed by atoms with Crippen LogP contribution < -0.4 is 0 Å². The second-order valence-corrected chi connectivity index (χ2v) is 3.23. The number of carboxylic acid groups (broad SMARTS) is 1. The number of hydrogen-bond donors (Lipinski definition) is 2. The van der Waals surface area contributed by atoms with E-state index < -0.39 is 40.2 Å². The first kappa shape index (κ1) is 12.8. The summed E-state index contributed by atoms with van der Waals surface area (Å²) >= 11 is 0. The van der Waals surface area contributed by atoms with Gasteiger partial charge in [0.15, 0.2) is 0 Å². The molecule has 8 heteroatoms. The number of aliphatic carboxylic acids is 1. The number of carboxylic acids is 1. The average molecular weight is 247 g/mol. The smallest absolute Gasteiger partial charge is 0.309 e. The van der Waals surface area contributed by atoms with Gasteiger partial charge in [-0.15, -0.1) is 0 Å². The van der Waals surface area contributed by atoms with Gasteiger partial charge < -0.3 is 10.2 Å². The molecular weight excluding hydrogens is 240 g/mol. The number of hydrogen-bond acceptors (Lipinski definition) is 4. The van der Waals surface area contributed by atoms with Crippen molar-refractivity contribution >= 4 is 11.7 Å². The van der Waals surface area contributed by atoms with Crippen molar-refractivity contribution in [2.75, 3.05) is 0 Å². The summed E-state index contributed by atoms with van der Waals surface area (Å²) in [5, 5.41) is 27.8. The maximum absolute atomic E-state index is 13.4. The van der Waals surface area contributed by atoms with Crippen molar-refractivity contribution in [3.63, 3.8) is 0 Å². The highest BCUT2D eigenvalue weighted by atomic mass is 19.3. The first-order valence-electron chi connectivity index (χ1n) is 4.31. The first-order valence-corrected chi connectivity index (χ1v) is 4.31. The summed E-state index contributed by atoms with van der Waals surface area (Å²) < 4.78 is 26.8. The fourth-order valence-corrected chi connectivity index (χ4v) is 1.26. The van der Waals surface area contributed by atoms with Gasteiger partial charge in [0.25, 0.3) is 11.6 Å². The molecule has 0 aliphatic heterocycles. The van der Waals surface area contributed by atoms with Gasteiger partial charge in [0.2, 0.25) is 0 Å². The van der Waals surface area contributed by atoms with Crippen LogP contribution in [0.3, 0.4) is 0 Å². The number of alkyl halides is 2. The van der Waals surface area contributed by atoms with Crippen molar-refractivity contribution in [3.05, 3.63) is 33.9 Å². The standard InChI is InChI=1S/C9H7F2NO5/c10-9(11,4-8(14)15)6-3-5(13)1-2-7(6)12(16)17/h1-3,13H,4H2,(H,14,15). The number of nitro benzene ring substituents is 1. The highest BCUT2D eigenvalue weighted by Crippen LogP contribution is 2.39. The number of rotatable bonds is 4. The van der Waals surface area contributed by atoms with Gasteiger partial charge in [-0.1, -0.05) is 0 Å². The van der Waals surface area contributed by atoms with Gasteiger partial charge in [0.05, 0.1) is 4.92 Å². The van der Waals surface area contributed by atoms with Crippen LogP contribution in [-0.2, 0) is 10.7 Å². The number of nitrogens with zero attached hydrogens (tertiary/aromatic N) is 1. The zero-order valence-corrected chi connectivity index (χ0v) is 8.26. The van der Waals surface area contributed by atoms with E-state index in [-0.39, 0.29) is 0 Å². The fraction of sp³-hybridized carbons (Fsp3) is 0.222. The molecule has 0 unspecified atom stereocenters. The molecule has 1 rings (SSSR count). The number of phenolic OH excluding ortho intramolecular Hbond substituents is 1. The highest BCUT2D eigenvalue weighted by molar-refractivity contribution is 5.69. The van der Waals surface area contributed by atoms with E-state index in [0.29, 0.717) is 12.1 Å². The molecule has 0 amide bonds. The second-order valence-electron chi connectivity index (χ2n) is 3.23. The summed E-state index contributed by atoms with van der Waals surface area (Å²) in [7, 11) is 0. The lowest BCUT2D eigenvalue weighted by Gasteiger charge is -2.14. The molecule has 1 aromatic rings. The van der Waals surface area contributed by atoms with Crippen LogP contribution in [0.5, 0.6) is 5.75 Å². The molecule has 0 aliphatic rings. The summed E-state index contributed by atoms with van der Waals surface area (Å²) in [6.07, 6.45) is -1.59. The topological polar surface area (TPSA) is 101 Å². The maximum atomic E-state index is 13.4. The summed E-state index contributed by atoms with van der Waals surface area (Å²) in [6.45, 7) is 0. The van der Waals surface area contributed by atoms with Crippen LogP contribution in [0.25, 0.3) is 0 Å². The average Bonchev–Trinajstić information content (AvgIpc) is 2.14. The van der Waals surface area contributed by atoms with Crippen LogP contribution in [0.2, 0.25) is 0 Å². The van der Waals surface area contributed by atoms with Gasteiger partial charge >= 0.3 is 5.97 Å². The van der Waals surface area contributed by atoms with Gasteiger partial charge in [-0.05, 0) is 12.1 Å². The van der Waals surface area contributed by atoms with Crippen LogP contribution in [0.15, 0.2) is 18.2 Å². The van der Waals surface area contributed by atoms with E-state index >= 15 is 0 Å². The third kappa shape index (κ3) is 2.86. The Morgan fingerprint density at radius 3 is 2.53 bits per heavy atom. The molecule has 0 bridgehead atoms. The summed E-state index contributed by atoms with van der Waals surface area (Å²) in [6, 6.07) is 2.06. The normalized spacial score (nSPS) is 11.2. The van der Waals surface area contributed by atoms with Gasteiger partial charge in [0, 0.05) is 6.07 Å². The van der Waals surface area contributed by atoms with Crippen LogP contribution in [0.1, 0.15) is 12.0 Å². The minimum atomic E-state index is -3.92. The van der Waals surface area contributed by atoms with E-state index in [1.165, 1.54) is 0 Å². The summed E-state index contributed by atoms with van der Waals surface area (Å²) in [4.78, 5) is 19.7. The largest absolute Gasteiger partial charge is 0.508 e. The molecule has 2 N–H and O–H groups in total. The lowest BCUT2D eigenvalue weighted by molar-refractivity contribution is -0.387. The number of nitro groups is 1. The molecule has 0 heterocycles. The minimum absolute atomic E-state index is 0.487. The monoisotopic (exact) mass is 247 g/mol.